The monoisotopic (exact) mass is 448 g/mol. The van der Waals surface area contributed by atoms with E-state index >= 15 is 0 Å². The number of rotatable bonds is 7. The van der Waals surface area contributed by atoms with E-state index in [4.69, 9.17) is 0 Å². The molecule has 0 radical (unpaired) electrons. The molecule has 6 nitrogen and oxygen atoms in total. The number of aromatic nitrogens is 2. The van der Waals surface area contributed by atoms with Crippen LogP contribution in [0.4, 0.5) is 10.1 Å². The van der Waals surface area contributed by atoms with Gasteiger partial charge in [-0.2, -0.15) is 0 Å². The number of carbonyl (C=O) groups excluding carboxylic acids is 2. The van der Waals surface area contributed by atoms with Crippen molar-refractivity contribution in [3.8, 4) is 22.4 Å². The summed E-state index contributed by atoms with van der Waals surface area (Å²) >= 11 is 0. The van der Waals surface area contributed by atoms with Crippen molar-refractivity contribution < 1.29 is 14.0 Å². The number of halogens is 1. The van der Waals surface area contributed by atoms with Crippen LogP contribution >= 0.6 is 0 Å². The standard InChI is InChI=1S/C24H22FN3O2.C2H7N/c1-16-2-3-19(28-23(30)4-7-24(25)8-9-24)14-21(16)22-13-18(6-11-27-22)17-5-10-26-20(12-17)15-29;1-3-2/h2-3,5-6,10-15H,4,7-9H2,1H3,(H,28,30);3H,1-2H3. The third kappa shape index (κ3) is 6.76. The summed E-state index contributed by atoms with van der Waals surface area (Å²) < 4.78 is 13.8. The minimum absolute atomic E-state index is 0.175. The van der Waals surface area contributed by atoms with E-state index in [-0.39, 0.29) is 18.7 Å². The third-order valence-corrected chi connectivity index (χ3v) is 5.39. The predicted octanol–water partition coefficient (Wildman–Crippen LogP) is 4.99. The Kier molecular flexibility index (Phi) is 8.01. The molecule has 1 amide bonds. The van der Waals surface area contributed by atoms with Crippen LogP contribution in [0.2, 0.25) is 0 Å². The summed E-state index contributed by atoms with van der Waals surface area (Å²) in [6.07, 6.45) is 5.60. The number of hydrogen-bond donors (Lipinski definition) is 2. The van der Waals surface area contributed by atoms with E-state index in [1.54, 1.807) is 18.5 Å². The molecule has 1 aromatic carbocycles. The molecule has 172 valence electrons. The Labute approximate surface area is 193 Å². The number of pyridine rings is 2. The molecule has 0 aliphatic heterocycles. The van der Waals surface area contributed by atoms with Gasteiger partial charge >= 0.3 is 0 Å². The fraction of sp³-hybridized carbons (Fsp3) is 0.308. The second-order valence-electron chi connectivity index (χ2n) is 8.25. The van der Waals surface area contributed by atoms with Crippen molar-refractivity contribution in [1.82, 2.24) is 15.3 Å². The van der Waals surface area contributed by atoms with Crippen LogP contribution in [0, 0.1) is 6.92 Å². The zero-order chi connectivity index (χ0) is 23.8. The topological polar surface area (TPSA) is 84.0 Å². The van der Waals surface area contributed by atoms with Gasteiger partial charge in [0.1, 0.15) is 11.4 Å². The number of anilines is 1. The van der Waals surface area contributed by atoms with Gasteiger partial charge in [-0.05, 0) is 93.4 Å². The summed E-state index contributed by atoms with van der Waals surface area (Å²) in [5, 5.41) is 5.61. The lowest BCUT2D eigenvalue weighted by Crippen LogP contribution is -2.14. The maximum Gasteiger partial charge on any atom is 0.224 e. The Morgan fingerprint density at radius 2 is 1.73 bits per heavy atom. The highest BCUT2D eigenvalue weighted by Crippen LogP contribution is 2.43. The second-order valence-corrected chi connectivity index (χ2v) is 8.25. The Morgan fingerprint density at radius 1 is 1.06 bits per heavy atom. The smallest absolute Gasteiger partial charge is 0.224 e. The maximum absolute atomic E-state index is 13.8. The van der Waals surface area contributed by atoms with Crippen LogP contribution < -0.4 is 10.6 Å². The number of nitrogens with one attached hydrogen (secondary N) is 2. The van der Waals surface area contributed by atoms with Gasteiger partial charge in [-0.3, -0.25) is 19.6 Å². The molecule has 0 bridgehead atoms. The lowest BCUT2D eigenvalue weighted by atomic mass is 10.0. The first-order valence-electron chi connectivity index (χ1n) is 10.9. The zero-order valence-electron chi connectivity index (χ0n) is 19.2. The first-order valence-corrected chi connectivity index (χ1v) is 10.9. The lowest BCUT2D eigenvalue weighted by Gasteiger charge is -2.12. The molecule has 0 atom stereocenters. The van der Waals surface area contributed by atoms with Gasteiger partial charge in [-0.15, -0.1) is 0 Å². The molecule has 3 aromatic rings. The van der Waals surface area contributed by atoms with Gasteiger partial charge in [0.25, 0.3) is 0 Å². The van der Waals surface area contributed by atoms with Gasteiger partial charge in [-0.1, -0.05) is 6.07 Å². The molecule has 2 N–H and O–H groups in total. The number of amides is 1. The molecule has 1 aliphatic rings. The number of nitrogens with zero attached hydrogens (tertiary/aromatic N) is 2. The van der Waals surface area contributed by atoms with Crippen molar-refractivity contribution in [3.05, 3.63) is 66.1 Å². The molecule has 7 heteroatoms. The van der Waals surface area contributed by atoms with Crippen LogP contribution in [0.3, 0.4) is 0 Å². The number of benzene rings is 1. The van der Waals surface area contributed by atoms with E-state index in [1.165, 1.54) is 0 Å². The van der Waals surface area contributed by atoms with Crippen molar-refractivity contribution in [1.29, 1.82) is 0 Å². The zero-order valence-corrected chi connectivity index (χ0v) is 19.2. The molecule has 0 unspecified atom stereocenters. The lowest BCUT2D eigenvalue weighted by molar-refractivity contribution is -0.116. The number of alkyl halides is 1. The average Bonchev–Trinajstić information content (AvgIpc) is 3.57. The van der Waals surface area contributed by atoms with E-state index in [9.17, 15) is 14.0 Å². The van der Waals surface area contributed by atoms with Crippen molar-refractivity contribution in [3.63, 3.8) is 0 Å². The molecule has 1 saturated carbocycles. The fourth-order valence-electron chi connectivity index (χ4n) is 3.37. The molecule has 33 heavy (non-hydrogen) atoms. The number of aryl methyl sites for hydroxylation is 1. The predicted molar refractivity (Wildman–Crippen MR) is 129 cm³/mol. The van der Waals surface area contributed by atoms with E-state index in [1.807, 2.05) is 57.4 Å². The minimum Gasteiger partial charge on any atom is -0.326 e. The summed E-state index contributed by atoms with van der Waals surface area (Å²) in [6, 6.07) is 13.0. The van der Waals surface area contributed by atoms with Crippen LogP contribution in [0.1, 0.15) is 41.7 Å². The van der Waals surface area contributed by atoms with Crippen molar-refractivity contribution in [2.45, 2.75) is 38.3 Å². The van der Waals surface area contributed by atoms with Gasteiger partial charge in [0.05, 0.1) is 5.69 Å². The molecule has 4 rings (SSSR count). The fourth-order valence-corrected chi connectivity index (χ4v) is 3.37. The van der Waals surface area contributed by atoms with Crippen LogP contribution in [0.5, 0.6) is 0 Å². The molecular formula is C26H29FN4O2. The largest absolute Gasteiger partial charge is 0.326 e. The molecule has 0 saturated heterocycles. The Bertz CT molecular complexity index is 1130. The van der Waals surface area contributed by atoms with Crippen molar-refractivity contribution >= 4 is 17.9 Å². The highest BCUT2D eigenvalue weighted by Gasteiger charge is 2.42. The summed E-state index contributed by atoms with van der Waals surface area (Å²) in [4.78, 5) is 31.7. The first kappa shape index (κ1) is 24.2. The molecule has 1 aliphatic carbocycles. The van der Waals surface area contributed by atoms with Gasteiger partial charge in [-0.25, -0.2) is 4.39 Å². The van der Waals surface area contributed by atoms with Crippen LogP contribution in [-0.4, -0.2) is 41.9 Å². The van der Waals surface area contributed by atoms with Crippen molar-refractivity contribution in [2.24, 2.45) is 0 Å². The SMILES string of the molecule is CNC.Cc1ccc(NC(=O)CCC2(F)CC2)cc1-c1cc(-c2ccnc(C=O)c2)ccn1. The van der Waals surface area contributed by atoms with Gasteiger partial charge in [0.15, 0.2) is 6.29 Å². The molecular weight excluding hydrogens is 419 g/mol. The summed E-state index contributed by atoms with van der Waals surface area (Å²) in [7, 11) is 3.75. The highest BCUT2D eigenvalue weighted by molar-refractivity contribution is 5.91. The van der Waals surface area contributed by atoms with E-state index < -0.39 is 5.67 Å². The van der Waals surface area contributed by atoms with Crippen LogP contribution in [0.25, 0.3) is 22.4 Å². The van der Waals surface area contributed by atoms with Crippen LogP contribution in [0.15, 0.2) is 54.9 Å². The Balaban J connectivity index is 0.000000968. The van der Waals surface area contributed by atoms with Crippen molar-refractivity contribution in [2.75, 3.05) is 19.4 Å². The van der Waals surface area contributed by atoms with E-state index in [2.05, 4.69) is 20.6 Å². The number of aldehydes is 1. The molecule has 0 spiro atoms. The van der Waals surface area contributed by atoms with Crippen LogP contribution in [-0.2, 0) is 4.79 Å². The summed E-state index contributed by atoms with van der Waals surface area (Å²) in [5.41, 5.74) is 4.35. The minimum atomic E-state index is -1.13. The van der Waals surface area contributed by atoms with E-state index in [0.717, 1.165) is 34.2 Å². The molecule has 2 aromatic heterocycles. The quantitative estimate of drug-likeness (QED) is 0.498. The second kappa shape index (κ2) is 10.9. The highest BCUT2D eigenvalue weighted by atomic mass is 19.1. The maximum atomic E-state index is 13.8. The summed E-state index contributed by atoms with van der Waals surface area (Å²) in [6.45, 7) is 1.98. The molecule has 1 fully saturated rings. The normalized spacial score (nSPS) is 13.5. The third-order valence-electron chi connectivity index (χ3n) is 5.39. The Morgan fingerprint density at radius 3 is 2.39 bits per heavy atom. The van der Waals surface area contributed by atoms with E-state index in [0.29, 0.717) is 24.2 Å². The van der Waals surface area contributed by atoms with Gasteiger partial charge in [0.2, 0.25) is 5.91 Å². The average molecular weight is 449 g/mol. The number of hydrogen-bond acceptors (Lipinski definition) is 5. The Hall–Kier alpha value is -3.45. The summed E-state index contributed by atoms with van der Waals surface area (Å²) in [5.74, 6) is -0.186. The molecule has 2 heterocycles. The van der Waals surface area contributed by atoms with Gasteiger partial charge < -0.3 is 10.6 Å². The number of carbonyl (C=O) groups is 2. The van der Waals surface area contributed by atoms with Gasteiger partial charge in [0, 0.05) is 30.1 Å². The first-order chi connectivity index (χ1) is 15.9.